The van der Waals surface area contributed by atoms with Gasteiger partial charge in [0, 0.05) is 38.6 Å². The Kier molecular flexibility index (Phi) is 3.71. The van der Waals surface area contributed by atoms with E-state index in [2.05, 4.69) is 24.9 Å². The summed E-state index contributed by atoms with van der Waals surface area (Å²) in [6.07, 6.45) is 5.12. The minimum atomic E-state index is 0.248. The van der Waals surface area contributed by atoms with E-state index in [0.29, 0.717) is 6.54 Å². The molecule has 1 aromatic heterocycles. The number of hydrogen-bond donors (Lipinski definition) is 2. The molecule has 0 saturated carbocycles. The van der Waals surface area contributed by atoms with Crippen LogP contribution < -0.4 is 10.6 Å². The normalized spacial score (nSPS) is 18.4. The summed E-state index contributed by atoms with van der Waals surface area (Å²) >= 11 is 0. The lowest BCUT2D eigenvalue weighted by Gasteiger charge is -2.34. The van der Waals surface area contributed by atoms with E-state index in [-0.39, 0.29) is 5.84 Å². The molecule has 0 aliphatic carbocycles. The van der Waals surface area contributed by atoms with Crippen LogP contribution in [-0.2, 0) is 0 Å². The van der Waals surface area contributed by atoms with E-state index >= 15 is 0 Å². The van der Waals surface area contributed by atoms with Crippen LogP contribution in [0.5, 0.6) is 0 Å². The lowest BCUT2D eigenvalue weighted by atomic mass is 10.3. The number of anilines is 1. The van der Waals surface area contributed by atoms with Crippen LogP contribution in [0.25, 0.3) is 0 Å². The standard InChI is InChI=1S/C10H16N6O/c11-9(14-17)8-15-3-5-16(6-4-15)10-7-12-1-2-13-10/h1-2,7,17H,3-6,8H2,(H2,11,14). The number of hydrogen-bond acceptors (Lipinski definition) is 6. The molecular formula is C10H16N6O. The maximum Gasteiger partial charge on any atom is 0.153 e. The van der Waals surface area contributed by atoms with Gasteiger partial charge in [0.2, 0.25) is 0 Å². The van der Waals surface area contributed by atoms with Gasteiger partial charge in [0.25, 0.3) is 0 Å². The van der Waals surface area contributed by atoms with Crippen molar-refractivity contribution in [2.45, 2.75) is 0 Å². The van der Waals surface area contributed by atoms with E-state index in [1.54, 1.807) is 18.6 Å². The number of nitrogens with two attached hydrogens (primary N) is 1. The smallest absolute Gasteiger partial charge is 0.153 e. The highest BCUT2D eigenvalue weighted by Crippen LogP contribution is 2.10. The Bertz CT molecular complexity index is 374. The Balaban J connectivity index is 1.86. The number of piperazine rings is 1. The molecule has 92 valence electrons. The van der Waals surface area contributed by atoms with Crippen LogP contribution in [0.4, 0.5) is 5.82 Å². The molecule has 0 amide bonds. The Morgan fingerprint density at radius 3 is 2.71 bits per heavy atom. The van der Waals surface area contributed by atoms with Crippen molar-refractivity contribution in [2.75, 3.05) is 37.6 Å². The zero-order valence-corrected chi connectivity index (χ0v) is 9.53. The third-order valence-corrected chi connectivity index (χ3v) is 2.76. The molecule has 1 aliphatic heterocycles. The van der Waals surface area contributed by atoms with Gasteiger partial charge < -0.3 is 15.8 Å². The minimum absolute atomic E-state index is 0.248. The summed E-state index contributed by atoms with van der Waals surface area (Å²) < 4.78 is 0. The van der Waals surface area contributed by atoms with Gasteiger partial charge in [-0.25, -0.2) is 4.98 Å². The van der Waals surface area contributed by atoms with Crippen LogP contribution in [0, 0.1) is 0 Å². The van der Waals surface area contributed by atoms with Gasteiger partial charge in [0.1, 0.15) is 5.82 Å². The fraction of sp³-hybridized carbons (Fsp3) is 0.500. The van der Waals surface area contributed by atoms with E-state index in [9.17, 15) is 0 Å². The molecule has 2 rings (SSSR count). The summed E-state index contributed by atoms with van der Waals surface area (Å²) in [5.74, 6) is 1.15. The van der Waals surface area contributed by atoms with Gasteiger partial charge in [-0.2, -0.15) is 0 Å². The first-order valence-electron chi connectivity index (χ1n) is 5.49. The molecule has 0 radical (unpaired) electrons. The molecule has 0 atom stereocenters. The van der Waals surface area contributed by atoms with Gasteiger partial charge in [-0.15, -0.1) is 0 Å². The first kappa shape index (κ1) is 11.6. The molecule has 7 heteroatoms. The molecule has 1 aromatic rings. The SMILES string of the molecule is N/C(CN1CCN(c2cnccn2)CC1)=N\O. The molecule has 0 spiro atoms. The quantitative estimate of drug-likeness (QED) is 0.313. The first-order valence-corrected chi connectivity index (χ1v) is 5.49. The van der Waals surface area contributed by atoms with Crippen molar-refractivity contribution >= 4 is 11.7 Å². The molecule has 2 heterocycles. The zero-order chi connectivity index (χ0) is 12.1. The fourth-order valence-electron chi connectivity index (χ4n) is 1.85. The van der Waals surface area contributed by atoms with Crippen molar-refractivity contribution < 1.29 is 5.21 Å². The van der Waals surface area contributed by atoms with Gasteiger partial charge in [-0.3, -0.25) is 9.88 Å². The van der Waals surface area contributed by atoms with E-state index in [0.717, 1.165) is 32.0 Å². The minimum Gasteiger partial charge on any atom is -0.409 e. The number of rotatable bonds is 3. The molecule has 1 aliphatic rings. The van der Waals surface area contributed by atoms with Crippen molar-refractivity contribution in [1.29, 1.82) is 0 Å². The molecule has 3 N–H and O–H groups in total. The summed E-state index contributed by atoms with van der Waals surface area (Å²) in [6, 6.07) is 0. The molecule has 0 bridgehead atoms. The highest BCUT2D eigenvalue weighted by Gasteiger charge is 2.18. The largest absolute Gasteiger partial charge is 0.409 e. The Morgan fingerprint density at radius 1 is 1.35 bits per heavy atom. The van der Waals surface area contributed by atoms with Crippen LogP contribution in [0.15, 0.2) is 23.7 Å². The summed E-state index contributed by atoms with van der Waals surface area (Å²) in [6.45, 7) is 3.99. The number of oxime groups is 1. The fourth-order valence-corrected chi connectivity index (χ4v) is 1.85. The number of aromatic nitrogens is 2. The zero-order valence-electron chi connectivity index (χ0n) is 9.53. The molecule has 1 fully saturated rings. The van der Waals surface area contributed by atoms with Crippen LogP contribution in [0.1, 0.15) is 0 Å². The topological polar surface area (TPSA) is 90.9 Å². The second-order valence-electron chi connectivity index (χ2n) is 3.92. The molecule has 17 heavy (non-hydrogen) atoms. The molecular weight excluding hydrogens is 220 g/mol. The van der Waals surface area contributed by atoms with E-state index in [1.807, 2.05) is 0 Å². The monoisotopic (exact) mass is 236 g/mol. The average Bonchev–Trinajstić information content (AvgIpc) is 2.40. The van der Waals surface area contributed by atoms with E-state index < -0.39 is 0 Å². The summed E-state index contributed by atoms with van der Waals surface area (Å²) in [4.78, 5) is 12.6. The van der Waals surface area contributed by atoms with Crippen molar-refractivity contribution in [3.05, 3.63) is 18.6 Å². The van der Waals surface area contributed by atoms with Gasteiger partial charge in [-0.05, 0) is 0 Å². The number of nitrogens with zero attached hydrogens (tertiary/aromatic N) is 5. The van der Waals surface area contributed by atoms with Crippen molar-refractivity contribution in [2.24, 2.45) is 10.9 Å². The van der Waals surface area contributed by atoms with Gasteiger partial charge in [0.05, 0.1) is 12.7 Å². The third-order valence-electron chi connectivity index (χ3n) is 2.76. The van der Waals surface area contributed by atoms with E-state index in [1.165, 1.54) is 0 Å². The third kappa shape index (κ3) is 3.04. The highest BCUT2D eigenvalue weighted by atomic mass is 16.4. The van der Waals surface area contributed by atoms with Crippen LogP contribution >= 0.6 is 0 Å². The molecule has 0 unspecified atom stereocenters. The van der Waals surface area contributed by atoms with Crippen LogP contribution in [0.2, 0.25) is 0 Å². The molecule has 7 nitrogen and oxygen atoms in total. The summed E-state index contributed by atoms with van der Waals surface area (Å²) in [7, 11) is 0. The predicted octanol–water partition coefficient (Wildman–Crippen LogP) is -0.655. The van der Waals surface area contributed by atoms with Crippen molar-refractivity contribution in [1.82, 2.24) is 14.9 Å². The maximum atomic E-state index is 8.50. The first-order chi connectivity index (χ1) is 8.29. The van der Waals surface area contributed by atoms with Gasteiger partial charge >= 0.3 is 0 Å². The molecule has 1 saturated heterocycles. The predicted molar refractivity (Wildman–Crippen MR) is 64.1 cm³/mol. The summed E-state index contributed by atoms with van der Waals surface area (Å²) in [5.41, 5.74) is 5.47. The van der Waals surface area contributed by atoms with Crippen molar-refractivity contribution in [3.8, 4) is 0 Å². The molecule has 0 aromatic carbocycles. The Hall–Kier alpha value is -1.89. The maximum absolute atomic E-state index is 8.50. The summed E-state index contributed by atoms with van der Waals surface area (Å²) in [5, 5.41) is 11.5. The Morgan fingerprint density at radius 2 is 2.12 bits per heavy atom. The lowest BCUT2D eigenvalue weighted by molar-refractivity contribution is 0.278. The Labute approximate surface area is 99.6 Å². The van der Waals surface area contributed by atoms with Gasteiger partial charge in [-0.1, -0.05) is 5.16 Å². The van der Waals surface area contributed by atoms with Gasteiger partial charge in [0.15, 0.2) is 5.84 Å². The average molecular weight is 236 g/mol. The second kappa shape index (κ2) is 5.44. The lowest BCUT2D eigenvalue weighted by Crippen LogP contribution is -2.49. The second-order valence-corrected chi connectivity index (χ2v) is 3.92. The van der Waals surface area contributed by atoms with Crippen LogP contribution in [-0.4, -0.2) is 58.6 Å². The highest BCUT2D eigenvalue weighted by molar-refractivity contribution is 5.81. The van der Waals surface area contributed by atoms with Crippen molar-refractivity contribution in [3.63, 3.8) is 0 Å². The number of amidine groups is 1. The van der Waals surface area contributed by atoms with E-state index in [4.69, 9.17) is 10.9 Å². The van der Waals surface area contributed by atoms with Crippen LogP contribution in [0.3, 0.4) is 0 Å².